The molecule has 2 aromatic carbocycles. The van der Waals surface area contributed by atoms with Gasteiger partial charge in [0.1, 0.15) is 5.82 Å². The molecule has 118 valence electrons. The second-order valence-corrected chi connectivity index (χ2v) is 6.17. The number of nitrogens with zero attached hydrogens (tertiary/aromatic N) is 4. The summed E-state index contributed by atoms with van der Waals surface area (Å²) in [5, 5.41) is 8.92. The molecule has 4 rings (SSSR count). The largest absolute Gasteiger partial charge is 0.355 e. The Bertz CT molecular complexity index is 903. The molecule has 1 aliphatic heterocycles. The molecule has 1 saturated heterocycles. The Balaban J connectivity index is 1.71. The second-order valence-electron chi connectivity index (χ2n) is 6.17. The highest BCUT2D eigenvalue weighted by Gasteiger charge is 2.13. The smallest absolute Gasteiger partial charge is 0.147 e. The third kappa shape index (κ3) is 2.81. The van der Waals surface area contributed by atoms with Crippen LogP contribution in [-0.2, 0) is 0 Å². The highest BCUT2D eigenvalue weighted by Crippen LogP contribution is 2.25. The monoisotopic (exact) mass is 314 g/mol. The van der Waals surface area contributed by atoms with Crippen LogP contribution in [0, 0.1) is 11.3 Å². The van der Waals surface area contributed by atoms with Gasteiger partial charge in [-0.2, -0.15) is 5.26 Å². The Kier molecular flexibility index (Phi) is 3.84. The number of rotatable bonds is 2. The molecule has 0 aliphatic carbocycles. The standard InChI is InChI=1S/C20H18N4/c21-13-15-4-6-16(7-5-15)17-8-9-18-19(12-17)23-20(14-22-18)24-10-2-1-3-11-24/h4-9,12,14H,1-3,10-11H2. The number of piperidine rings is 1. The number of anilines is 1. The van der Waals surface area contributed by atoms with Gasteiger partial charge < -0.3 is 4.90 Å². The number of hydrogen-bond donors (Lipinski definition) is 0. The number of hydrogen-bond acceptors (Lipinski definition) is 4. The van der Waals surface area contributed by atoms with E-state index in [4.69, 9.17) is 10.2 Å². The summed E-state index contributed by atoms with van der Waals surface area (Å²) in [7, 11) is 0. The Labute approximate surface area is 141 Å². The van der Waals surface area contributed by atoms with Crippen LogP contribution in [0.4, 0.5) is 5.82 Å². The molecule has 0 saturated carbocycles. The first-order valence-corrected chi connectivity index (χ1v) is 8.36. The summed E-state index contributed by atoms with van der Waals surface area (Å²) >= 11 is 0. The third-order valence-corrected chi connectivity index (χ3v) is 4.56. The minimum Gasteiger partial charge on any atom is -0.355 e. The van der Waals surface area contributed by atoms with E-state index in [9.17, 15) is 0 Å². The van der Waals surface area contributed by atoms with Gasteiger partial charge in [0.2, 0.25) is 0 Å². The maximum Gasteiger partial charge on any atom is 0.147 e. The van der Waals surface area contributed by atoms with Crippen LogP contribution in [0.25, 0.3) is 22.2 Å². The van der Waals surface area contributed by atoms with Gasteiger partial charge in [-0.1, -0.05) is 18.2 Å². The van der Waals surface area contributed by atoms with Gasteiger partial charge in [-0.3, -0.25) is 4.98 Å². The highest BCUT2D eigenvalue weighted by molar-refractivity contribution is 5.82. The molecule has 24 heavy (non-hydrogen) atoms. The van der Waals surface area contributed by atoms with Gasteiger partial charge in [0.25, 0.3) is 0 Å². The molecule has 4 heteroatoms. The molecule has 1 aromatic heterocycles. The third-order valence-electron chi connectivity index (χ3n) is 4.56. The van der Waals surface area contributed by atoms with Crippen molar-refractivity contribution in [2.75, 3.05) is 18.0 Å². The van der Waals surface area contributed by atoms with Crippen LogP contribution in [0.3, 0.4) is 0 Å². The van der Waals surface area contributed by atoms with E-state index in [1.807, 2.05) is 36.5 Å². The zero-order chi connectivity index (χ0) is 16.4. The van der Waals surface area contributed by atoms with Crippen LogP contribution in [0.1, 0.15) is 24.8 Å². The Morgan fingerprint density at radius 3 is 2.38 bits per heavy atom. The number of benzene rings is 2. The molecule has 3 aromatic rings. The first-order chi connectivity index (χ1) is 11.8. The average molecular weight is 314 g/mol. The molecule has 0 spiro atoms. The van der Waals surface area contributed by atoms with Crippen molar-refractivity contribution < 1.29 is 0 Å². The van der Waals surface area contributed by atoms with Gasteiger partial charge in [0.05, 0.1) is 28.9 Å². The van der Waals surface area contributed by atoms with Crippen LogP contribution in [0.15, 0.2) is 48.7 Å². The predicted octanol–water partition coefficient (Wildman–Crippen LogP) is 4.16. The van der Waals surface area contributed by atoms with Crippen molar-refractivity contribution >= 4 is 16.9 Å². The van der Waals surface area contributed by atoms with E-state index in [2.05, 4.69) is 28.1 Å². The summed E-state index contributed by atoms with van der Waals surface area (Å²) in [6, 6.07) is 15.9. The number of aromatic nitrogens is 2. The lowest BCUT2D eigenvalue weighted by Crippen LogP contribution is -2.30. The van der Waals surface area contributed by atoms with Crippen molar-refractivity contribution in [3.63, 3.8) is 0 Å². The van der Waals surface area contributed by atoms with Crippen molar-refractivity contribution in [1.82, 2.24) is 9.97 Å². The summed E-state index contributed by atoms with van der Waals surface area (Å²) in [6.45, 7) is 2.13. The lowest BCUT2D eigenvalue weighted by Gasteiger charge is -2.27. The van der Waals surface area contributed by atoms with Crippen molar-refractivity contribution in [3.05, 3.63) is 54.2 Å². The van der Waals surface area contributed by atoms with Crippen molar-refractivity contribution in [3.8, 4) is 17.2 Å². The van der Waals surface area contributed by atoms with Crippen molar-refractivity contribution in [2.24, 2.45) is 0 Å². The molecule has 0 bridgehead atoms. The van der Waals surface area contributed by atoms with Crippen LogP contribution in [0.5, 0.6) is 0 Å². The lowest BCUT2D eigenvalue weighted by atomic mass is 10.0. The molecule has 1 aliphatic rings. The lowest BCUT2D eigenvalue weighted by molar-refractivity contribution is 0.573. The predicted molar refractivity (Wildman–Crippen MR) is 95.8 cm³/mol. The van der Waals surface area contributed by atoms with E-state index in [-0.39, 0.29) is 0 Å². The van der Waals surface area contributed by atoms with Gasteiger partial charge in [0.15, 0.2) is 0 Å². The molecule has 0 amide bonds. The zero-order valence-corrected chi connectivity index (χ0v) is 13.4. The second kappa shape index (κ2) is 6.29. The molecular weight excluding hydrogens is 296 g/mol. The van der Waals surface area contributed by atoms with E-state index in [0.717, 1.165) is 41.1 Å². The molecule has 0 unspecified atom stereocenters. The van der Waals surface area contributed by atoms with Gasteiger partial charge in [-0.05, 0) is 54.7 Å². The quantitative estimate of drug-likeness (QED) is 0.713. The fourth-order valence-corrected chi connectivity index (χ4v) is 3.19. The van der Waals surface area contributed by atoms with Crippen LogP contribution in [0.2, 0.25) is 0 Å². The van der Waals surface area contributed by atoms with Crippen LogP contribution < -0.4 is 4.90 Å². The molecule has 0 N–H and O–H groups in total. The molecule has 2 heterocycles. The minimum atomic E-state index is 0.673. The molecule has 0 atom stereocenters. The van der Waals surface area contributed by atoms with Crippen molar-refractivity contribution in [2.45, 2.75) is 19.3 Å². The van der Waals surface area contributed by atoms with Gasteiger partial charge >= 0.3 is 0 Å². The van der Waals surface area contributed by atoms with Gasteiger partial charge in [-0.25, -0.2) is 4.98 Å². The number of nitriles is 1. The van der Waals surface area contributed by atoms with Crippen molar-refractivity contribution in [1.29, 1.82) is 5.26 Å². The first-order valence-electron chi connectivity index (χ1n) is 8.36. The molecule has 0 radical (unpaired) electrons. The van der Waals surface area contributed by atoms with Gasteiger partial charge in [-0.15, -0.1) is 0 Å². The van der Waals surface area contributed by atoms with Gasteiger partial charge in [0, 0.05) is 13.1 Å². The normalized spacial score (nSPS) is 14.5. The van der Waals surface area contributed by atoms with E-state index >= 15 is 0 Å². The highest BCUT2D eigenvalue weighted by atomic mass is 15.2. The summed E-state index contributed by atoms with van der Waals surface area (Å²) < 4.78 is 0. The Hall–Kier alpha value is -2.93. The molecular formula is C20H18N4. The molecule has 1 fully saturated rings. The minimum absolute atomic E-state index is 0.673. The van der Waals surface area contributed by atoms with E-state index in [1.165, 1.54) is 19.3 Å². The maximum atomic E-state index is 8.92. The summed E-state index contributed by atoms with van der Waals surface area (Å²) in [5.41, 5.74) is 4.68. The summed E-state index contributed by atoms with van der Waals surface area (Å²) in [6.07, 6.45) is 5.64. The van der Waals surface area contributed by atoms with Crippen LogP contribution >= 0.6 is 0 Å². The zero-order valence-electron chi connectivity index (χ0n) is 13.4. The summed E-state index contributed by atoms with van der Waals surface area (Å²) in [4.78, 5) is 11.7. The average Bonchev–Trinajstić information content (AvgIpc) is 2.68. The number of fused-ring (bicyclic) bond motifs is 1. The fourth-order valence-electron chi connectivity index (χ4n) is 3.19. The SMILES string of the molecule is N#Cc1ccc(-c2ccc3ncc(N4CCCCC4)nc3c2)cc1. The van der Waals surface area contributed by atoms with E-state index < -0.39 is 0 Å². The maximum absolute atomic E-state index is 8.92. The Morgan fingerprint density at radius 1 is 0.875 bits per heavy atom. The fraction of sp³-hybridized carbons (Fsp3) is 0.250. The molecule has 4 nitrogen and oxygen atoms in total. The van der Waals surface area contributed by atoms with Crippen LogP contribution in [-0.4, -0.2) is 23.1 Å². The summed E-state index contributed by atoms with van der Waals surface area (Å²) in [5.74, 6) is 0.971. The first kappa shape index (κ1) is 14.6. The topological polar surface area (TPSA) is 52.8 Å². The Morgan fingerprint density at radius 2 is 1.62 bits per heavy atom. The van der Waals surface area contributed by atoms with E-state index in [1.54, 1.807) is 0 Å². The van der Waals surface area contributed by atoms with E-state index in [0.29, 0.717) is 5.56 Å².